The van der Waals surface area contributed by atoms with Gasteiger partial charge in [0, 0.05) is 19.0 Å². The minimum absolute atomic E-state index is 0.0849. The van der Waals surface area contributed by atoms with Crippen molar-refractivity contribution in [3.8, 4) is 0 Å². The van der Waals surface area contributed by atoms with Crippen molar-refractivity contribution in [1.82, 2.24) is 10.6 Å². The SMILES string of the molecule is CCC(CC(=N)N)NC(=O)NCc1ccccc1. The lowest BCUT2D eigenvalue weighted by Crippen LogP contribution is -2.43. The smallest absolute Gasteiger partial charge is 0.315 e. The number of carbonyl (C=O) groups excluding carboxylic acids is 1. The number of rotatable bonds is 6. The minimum atomic E-state index is -0.230. The van der Waals surface area contributed by atoms with E-state index in [9.17, 15) is 4.79 Å². The zero-order chi connectivity index (χ0) is 13.4. The second-order valence-corrected chi connectivity index (χ2v) is 4.15. The molecule has 0 aliphatic carbocycles. The molecule has 0 saturated heterocycles. The van der Waals surface area contributed by atoms with Crippen LogP contribution >= 0.6 is 0 Å². The van der Waals surface area contributed by atoms with E-state index in [1.54, 1.807) is 0 Å². The van der Waals surface area contributed by atoms with E-state index in [0.29, 0.717) is 13.0 Å². The highest BCUT2D eigenvalue weighted by Gasteiger charge is 2.10. The van der Waals surface area contributed by atoms with Gasteiger partial charge in [0.1, 0.15) is 0 Å². The predicted molar refractivity (Wildman–Crippen MR) is 72.4 cm³/mol. The fourth-order valence-electron chi connectivity index (χ4n) is 1.58. The Balaban J connectivity index is 2.34. The molecular formula is C13H20N4O. The topological polar surface area (TPSA) is 91.0 Å². The number of nitrogens with two attached hydrogens (primary N) is 1. The van der Waals surface area contributed by atoms with Gasteiger partial charge >= 0.3 is 6.03 Å². The van der Waals surface area contributed by atoms with Gasteiger partial charge < -0.3 is 16.4 Å². The Bertz CT molecular complexity index is 391. The van der Waals surface area contributed by atoms with Gasteiger partial charge in [0.2, 0.25) is 0 Å². The van der Waals surface area contributed by atoms with Crippen molar-refractivity contribution in [3.05, 3.63) is 35.9 Å². The minimum Gasteiger partial charge on any atom is -0.388 e. The third-order valence-corrected chi connectivity index (χ3v) is 2.59. The van der Waals surface area contributed by atoms with Crippen molar-refractivity contribution in [2.45, 2.75) is 32.4 Å². The molecule has 5 nitrogen and oxygen atoms in total. The highest BCUT2D eigenvalue weighted by Crippen LogP contribution is 1.99. The van der Waals surface area contributed by atoms with Crippen LogP contribution in [0.25, 0.3) is 0 Å². The van der Waals surface area contributed by atoms with Crippen LogP contribution in [0.1, 0.15) is 25.3 Å². The van der Waals surface area contributed by atoms with E-state index in [4.69, 9.17) is 11.1 Å². The van der Waals surface area contributed by atoms with Crippen molar-refractivity contribution in [2.75, 3.05) is 0 Å². The lowest BCUT2D eigenvalue weighted by molar-refractivity contribution is 0.236. The van der Waals surface area contributed by atoms with Crippen molar-refractivity contribution in [3.63, 3.8) is 0 Å². The molecule has 1 aromatic rings. The molecule has 98 valence electrons. The third kappa shape index (κ3) is 5.34. The van der Waals surface area contributed by atoms with E-state index in [1.165, 1.54) is 0 Å². The molecule has 0 aromatic heterocycles. The number of amidine groups is 1. The number of urea groups is 1. The Morgan fingerprint density at radius 3 is 2.61 bits per heavy atom. The van der Waals surface area contributed by atoms with Crippen LogP contribution in [-0.2, 0) is 6.54 Å². The van der Waals surface area contributed by atoms with Gasteiger partial charge in [-0.1, -0.05) is 37.3 Å². The molecule has 0 aliphatic heterocycles. The van der Waals surface area contributed by atoms with Crippen molar-refractivity contribution in [2.24, 2.45) is 5.73 Å². The summed E-state index contributed by atoms with van der Waals surface area (Å²) < 4.78 is 0. The Morgan fingerprint density at radius 1 is 1.39 bits per heavy atom. The van der Waals surface area contributed by atoms with Crippen LogP contribution in [0.2, 0.25) is 0 Å². The Kier molecular flexibility index (Phi) is 5.70. The van der Waals surface area contributed by atoms with Gasteiger partial charge in [-0.2, -0.15) is 0 Å². The van der Waals surface area contributed by atoms with Crippen LogP contribution in [0.15, 0.2) is 30.3 Å². The molecule has 0 fully saturated rings. The summed E-state index contributed by atoms with van der Waals surface area (Å²) >= 11 is 0. The van der Waals surface area contributed by atoms with Crippen LogP contribution in [0.5, 0.6) is 0 Å². The molecule has 1 unspecified atom stereocenters. The summed E-state index contributed by atoms with van der Waals surface area (Å²) in [4.78, 5) is 11.6. The van der Waals surface area contributed by atoms with Gasteiger partial charge in [-0.25, -0.2) is 4.79 Å². The van der Waals surface area contributed by atoms with E-state index in [-0.39, 0.29) is 17.9 Å². The summed E-state index contributed by atoms with van der Waals surface area (Å²) in [6, 6.07) is 9.38. The van der Waals surface area contributed by atoms with Crippen LogP contribution in [0, 0.1) is 5.41 Å². The number of hydrogen-bond acceptors (Lipinski definition) is 2. The predicted octanol–water partition coefficient (Wildman–Crippen LogP) is 1.59. The molecule has 1 atom stereocenters. The average Bonchev–Trinajstić information content (AvgIpc) is 2.36. The van der Waals surface area contributed by atoms with Gasteiger partial charge in [0.15, 0.2) is 0 Å². The number of amides is 2. The van der Waals surface area contributed by atoms with Crippen molar-refractivity contribution in [1.29, 1.82) is 5.41 Å². The number of benzene rings is 1. The first-order chi connectivity index (χ1) is 8.61. The largest absolute Gasteiger partial charge is 0.388 e. The van der Waals surface area contributed by atoms with Crippen LogP contribution < -0.4 is 16.4 Å². The van der Waals surface area contributed by atoms with Gasteiger partial charge in [-0.3, -0.25) is 5.41 Å². The monoisotopic (exact) mass is 248 g/mol. The molecule has 1 aromatic carbocycles. The summed E-state index contributed by atoms with van der Waals surface area (Å²) in [6.07, 6.45) is 1.13. The lowest BCUT2D eigenvalue weighted by Gasteiger charge is -2.16. The zero-order valence-corrected chi connectivity index (χ0v) is 10.6. The fourth-order valence-corrected chi connectivity index (χ4v) is 1.58. The summed E-state index contributed by atoms with van der Waals surface area (Å²) in [6.45, 7) is 2.44. The molecule has 0 bridgehead atoms. The molecule has 0 saturated carbocycles. The third-order valence-electron chi connectivity index (χ3n) is 2.59. The fraction of sp³-hybridized carbons (Fsp3) is 0.385. The molecule has 0 aliphatic rings. The van der Waals surface area contributed by atoms with E-state index in [2.05, 4.69) is 10.6 Å². The first-order valence-electron chi connectivity index (χ1n) is 6.03. The lowest BCUT2D eigenvalue weighted by atomic mass is 10.1. The Hall–Kier alpha value is -2.04. The van der Waals surface area contributed by atoms with Crippen molar-refractivity contribution >= 4 is 11.9 Å². The van der Waals surface area contributed by atoms with Crippen molar-refractivity contribution < 1.29 is 4.79 Å². The molecule has 0 spiro atoms. The standard InChI is InChI=1S/C13H20N4O/c1-2-11(8-12(14)15)17-13(18)16-9-10-6-4-3-5-7-10/h3-7,11H,2,8-9H2,1H3,(H3,14,15)(H2,16,17,18). The van der Waals surface area contributed by atoms with Gasteiger partial charge in [-0.05, 0) is 12.0 Å². The molecule has 5 N–H and O–H groups in total. The second-order valence-electron chi connectivity index (χ2n) is 4.15. The second kappa shape index (κ2) is 7.32. The summed E-state index contributed by atoms with van der Waals surface area (Å²) in [5.41, 5.74) is 6.37. The highest BCUT2D eigenvalue weighted by atomic mass is 16.2. The molecule has 5 heteroatoms. The maximum Gasteiger partial charge on any atom is 0.315 e. The number of nitrogens with one attached hydrogen (secondary N) is 3. The van der Waals surface area contributed by atoms with E-state index < -0.39 is 0 Å². The molecule has 0 heterocycles. The van der Waals surface area contributed by atoms with E-state index in [1.807, 2.05) is 37.3 Å². The molecular weight excluding hydrogens is 228 g/mol. The number of carbonyl (C=O) groups is 1. The summed E-state index contributed by atoms with van der Waals surface area (Å²) in [5.74, 6) is 0.0882. The highest BCUT2D eigenvalue weighted by molar-refractivity contribution is 5.79. The van der Waals surface area contributed by atoms with Gasteiger partial charge in [-0.15, -0.1) is 0 Å². The quantitative estimate of drug-likeness (QED) is 0.455. The summed E-state index contributed by atoms with van der Waals surface area (Å²) in [5, 5.41) is 12.8. The van der Waals surface area contributed by atoms with E-state index >= 15 is 0 Å². The normalized spacial score (nSPS) is 11.6. The molecule has 1 rings (SSSR count). The summed E-state index contributed by atoms with van der Waals surface area (Å²) in [7, 11) is 0. The Morgan fingerprint density at radius 2 is 2.06 bits per heavy atom. The number of hydrogen-bond donors (Lipinski definition) is 4. The Labute approximate surface area is 107 Å². The van der Waals surface area contributed by atoms with Crippen LogP contribution in [-0.4, -0.2) is 17.9 Å². The molecule has 0 radical (unpaired) electrons. The van der Waals surface area contributed by atoms with Gasteiger partial charge in [0.25, 0.3) is 0 Å². The maximum atomic E-state index is 11.6. The maximum absolute atomic E-state index is 11.6. The average molecular weight is 248 g/mol. The van der Waals surface area contributed by atoms with Gasteiger partial charge in [0.05, 0.1) is 5.84 Å². The first-order valence-corrected chi connectivity index (χ1v) is 6.03. The van der Waals surface area contributed by atoms with E-state index in [0.717, 1.165) is 12.0 Å². The first kappa shape index (κ1) is 14.0. The molecule has 18 heavy (non-hydrogen) atoms. The van der Waals surface area contributed by atoms with Crippen LogP contribution in [0.4, 0.5) is 4.79 Å². The van der Waals surface area contributed by atoms with Crippen LogP contribution in [0.3, 0.4) is 0 Å². The molecule has 2 amide bonds. The zero-order valence-electron chi connectivity index (χ0n) is 10.6.